The van der Waals surface area contributed by atoms with Gasteiger partial charge in [0.25, 0.3) is 0 Å². The summed E-state index contributed by atoms with van der Waals surface area (Å²) < 4.78 is 5.95. The molecule has 0 bridgehead atoms. The monoisotopic (exact) mass is 480 g/mol. The number of nitrogens with zero attached hydrogens (tertiary/aromatic N) is 2. The summed E-state index contributed by atoms with van der Waals surface area (Å²) in [5, 5.41) is 3.59. The van der Waals surface area contributed by atoms with Crippen LogP contribution in [0, 0.1) is 0 Å². The average Bonchev–Trinajstić information content (AvgIpc) is 2.96. The van der Waals surface area contributed by atoms with Gasteiger partial charge in [0.05, 0.1) is 0 Å². The van der Waals surface area contributed by atoms with E-state index >= 15 is 0 Å². The minimum absolute atomic E-state index is 0.145. The quantitative estimate of drug-likeness (QED) is 0.239. The fourth-order valence-corrected chi connectivity index (χ4v) is 4.36. The molecule has 6 aromatic rings. The lowest BCUT2D eigenvalue weighted by molar-refractivity contribution is 0.102. The highest BCUT2D eigenvalue weighted by molar-refractivity contribution is 6.15. The van der Waals surface area contributed by atoms with E-state index in [1.54, 1.807) is 60.9 Å². The van der Waals surface area contributed by atoms with Crippen LogP contribution in [0.5, 0.6) is 11.5 Å². The first-order valence-electron chi connectivity index (χ1n) is 11.8. The average molecular weight is 481 g/mol. The second-order valence-electron chi connectivity index (χ2n) is 8.57. The molecule has 0 spiro atoms. The number of ether oxygens (including phenoxy) is 1. The zero-order valence-corrected chi connectivity index (χ0v) is 19.7. The van der Waals surface area contributed by atoms with Crippen molar-refractivity contribution < 1.29 is 14.3 Å². The Morgan fingerprint density at radius 2 is 0.892 bits per heavy atom. The molecule has 0 aliphatic heterocycles. The van der Waals surface area contributed by atoms with Gasteiger partial charge >= 0.3 is 0 Å². The number of carbonyl (C=O) groups excluding carboxylic acids is 2. The van der Waals surface area contributed by atoms with Gasteiger partial charge in [-0.1, -0.05) is 48.5 Å². The number of aromatic nitrogens is 2. The molecule has 0 aliphatic rings. The molecule has 2 aromatic heterocycles. The molecular weight excluding hydrogens is 460 g/mol. The van der Waals surface area contributed by atoms with E-state index in [0.29, 0.717) is 34.0 Å². The van der Waals surface area contributed by atoms with Crippen LogP contribution in [-0.2, 0) is 0 Å². The van der Waals surface area contributed by atoms with E-state index in [9.17, 15) is 9.59 Å². The maximum absolute atomic E-state index is 13.1. The van der Waals surface area contributed by atoms with Crippen molar-refractivity contribution in [3.63, 3.8) is 0 Å². The van der Waals surface area contributed by atoms with Crippen LogP contribution in [0.1, 0.15) is 32.1 Å². The smallest absolute Gasteiger partial charge is 0.211 e. The van der Waals surface area contributed by atoms with Crippen LogP contribution in [0.3, 0.4) is 0 Å². The number of rotatable bonds is 6. The molecule has 2 heterocycles. The zero-order valence-electron chi connectivity index (χ0n) is 19.7. The summed E-state index contributed by atoms with van der Waals surface area (Å²) in [7, 11) is 0. The van der Waals surface area contributed by atoms with Crippen LogP contribution in [0.2, 0.25) is 0 Å². The molecule has 5 heteroatoms. The van der Waals surface area contributed by atoms with E-state index in [1.165, 1.54) is 0 Å². The first kappa shape index (κ1) is 22.3. The third-order valence-electron chi connectivity index (χ3n) is 6.25. The fourth-order valence-electron chi connectivity index (χ4n) is 4.36. The van der Waals surface area contributed by atoms with Crippen molar-refractivity contribution in [2.45, 2.75) is 0 Å². The highest BCUT2D eigenvalue weighted by Gasteiger charge is 2.16. The van der Waals surface area contributed by atoms with E-state index < -0.39 is 0 Å². The van der Waals surface area contributed by atoms with Gasteiger partial charge in [0, 0.05) is 34.3 Å². The first-order chi connectivity index (χ1) is 18.2. The third kappa shape index (κ3) is 4.34. The van der Waals surface area contributed by atoms with Crippen LogP contribution in [0.4, 0.5) is 0 Å². The second-order valence-corrected chi connectivity index (χ2v) is 8.57. The van der Waals surface area contributed by atoms with E-state index in [2.05, 4.69) is 9.97 Å². The van der Waals surface area contributed by atoms with Crippen molar-refractivity contribution in [1.82, 2.24) is 9.97 Å². The van der Waals surface area contributed by atoms with E-state index in [1.807, 2.05) is 60.7 Å². The van der Waals surface area contributed by atoms with Gasteiger partial charge in [-0.3, -0.25) is 19.6 Å². The van der Waals surface area contributed by atoms with Crippen molar-refractivity contribution >= 4 is 33.1 Å². The Morgan fingerprint density at radius 1 is 0.486 bits per heavy atom. The highest BCUT2D eigenvalue weighted by Crippen LogP contribution is 2.26. The summed E-state index contributed by atoms with van der Waals surface area (Å²) in [6.45, 7) is 0. The Labute approximate surface area is 213 Å². The van der Waals surface area contributed by atoms with Gasteiger partial charge in [-0.05, 0) is 71.4 Å². The summed E-state index contributed by atoms with van der Waals surface area (Å²) in [6, 6.07) is 33.1. The Morgan fingerprint density at radius 3 is 1.32 bits per heavy atom. The van der Waals surface area contributed by atoms with Crippen LogP contribution in [-0.4, -0.2) is 21.5 Å². The van der Waals surface area contributed by atoms with E-state index in [4.69, 9.17) is 4.74 Å². The molecule has 0 amide bonds. The van der Waals surface area contributed by atoms with Gasteiger partial charge in [0.15, 0.2) is 0 Å². The lowest BCUT2D eigenvalue weighted by Crippen LogP contribution is -2.05. The molecule has 0 fully saturated rings. The summed E-state index contributed by atoms with van der Waals surface area (Å²) in [4.78, 5) is 34.8. The zero-order chi connectivity index (χ0) is 25.2. The van der Waals surface area contributed by atoms with Gasteiger partial charge < -0.3 is 4.74 Å². The van der Waals surface area contributed by atoms with Gasteiger partial charge in [0.2, 0.25) is 11.6 Å². The fraction of sp³-hybridized carbons (Fsp3) is 0. The number of fused-ring (bicyclic) bond motifs is 2. The molecular formula is C32H20N2O3. The SMILES string of the molecule is O=C(c1ccc(Oc2ccc(C(=O)c3nccc4ccccc34)cc2)cc1)c1nccc2ccccc12. The van der Waals surface area contributed by atoms with Crippen molar-refractivity contribution in [2.24, 2.45) is 0 Å². The largest absolute Gasteiger partial charge is 0.457 e. The van der Waals surface area contributed by atoms with Gasteiger partial charge in [-0.2, -0.15) is 0 Å². The molecule has 0 radical (unpaired) electrons. The molecule has 0 saturated carbocycles. The minimum Gasteiger partial charge on any atom is -0.457 e. The Balaban J connectivity index is 1.19. The van der Waals surface area contributed by atoms with Crippen LogP contribution < -0.4 is 4.74 Å². The Bertz CT molecular complexity index is 1630. The summed E-state index contributed by atoms with van der Waals surface area (Å²) in [5.41, 5.74) is 1.90. The second kappa shape index (κ2) is 9.47. The van der Waals surface area contributed by atoms with Crippen molar-refractivity contribution in [3.8, 4) is 11.5 Å². The van der Waals surface area contributed by atoms with Crippen molar-refractivity contribution in [2.75, 3.05) is 0 Å². The molecule has 0 atom stereocenters. The Kier molecular flexibility index (Phi) is 5.71. The van der Waals surface area contributed by atoms with E-state index in [0.717, 1.165) is 21.5 Å². The minimum atomic E-state index is -0.145. The Hall–Kier alpha value is -5.16. The number of ketones is 2. The predicted molar refractivity (Wildman–Crippen MR) is 143 cm³/mol. The molecule has 6 rings (SSSR count). The maximum Gasteiger partial charge on any atom is 0.211 e. The number of benzene rings is 4. The molecule has 4 aromatic carbocycles. The normalized spacial score (nSPS) is 10.9. The standard InChI is InChI=1S/C32H20N2O3/c35-31(29-27-7-3-1-5-21(27)17-19-33-29)23-9-13-25(14-10-23)37-26-15-11-24(12-16-26)32(36)30-28-8-4-2-6-22(28)18-20-34-30/h1-20H. The molecule has 176 valence electrons. The molecule has 0 saturated heterocycles. The lowest BCUT2D eigenvalue weighted by Gasteiger charge is -2.09. The number of hydrogen-bond acceptors (Lipinski definition) is 5. The van der Waals surface area contributed by atoms with Crippen LogP contribution >= 0.6 is 0 Å². The number of carbonyl (C=O) groups is 2. The van der Waals surface area contributed by atoms with E-state index in [-0.39, 0.29) is 11.6 Å². The maximum atomic E-state index is 13.1. The van der Waals surface area contributed by atoms with Crippen LogP contribution in [0.25, 0.3) is 21.5 Å². The topological polar surface area (TPSA) is 69.2 Å². The molecule has 0 aliphatic carbocycles. The van der Waals surface area contributed by atoms with Gasteiger partial charge in [-0.25, -0.2) is 0 Å². The molecule has 0 unspecified atom stereocenters. The number of hydrogen-bond donors (Lipinski definition) is 0. The third-order valence-corrected chi connectivity index (χ3v) is 6.25. The summed E-state index contributed by atoms with van der Waals surface area (Å²) >= 11 is 0. The van der Waals surface area contributed by atoms with Crippen molar-refractivity contribution in [1.29, 1.82) is 0 Å². The van der Waals surface area contributed by atoms with Gasteiger partial charge in [0.1, 0.15) is 22.9 Å². The summed E-state index contributed by atoms with van der Waals surface area (Å²) in [6.07, 6.45) is 3.30. The number of pyridine rings is 2. The first-order valence-corrected chi connectivity index (χ1v) is 11.8. The lowest BCUT2D eigenvalue weighted by atomic mass is 10.0. The molecule has 0 N–H and O–H groups in total. The van der Waals surface area contributed by atoms with Gasteiger partial charge in [-0.15, -0.1) is 0 Å². The molecule has 37 heavy (non-hydrogen) atoms. The highest BCUT2D eigenvalue weighted by atomic mass is 16.5. The van der Waals surface area contributed by atoms with Crippen LogP contribution in [0.15, 0.2) is 122 Å². The van der Waals surface area contributed by atoms with Crippen molar-refractivity contribution in [3.05, 3.63) is 144 Å². The predicted octanol–water partition coefficient (Wildman–Crippen LogP) is 7.04. The summed E-state index contributed by atoms with van der Waals surface area (Å²) in [5.74, 6) is 0.871. The molecule has 5 nitrogen and oxygen atoms in total.